The zero-order valence-electron chi connectivity index (χ0n) is 20.7. The van der Waals surface area contributed by atoms with Crippen LogP contribution in [0.1, 0.15) is 36.1 Å². The molecule has 1 fully saturated rings. The van der Waals surface area contributed by atoms with Gasteiger partial charge in [-0.3, -0.25) is 9.35 Å². The monoisotopic (exact) mass is 563 g/mol. The molecular weight excluding hydrogens is 538 g/mol. The number of carbonyl (C=O) groups excluding carboxylic acids is 1. The van der Waals surface area contributed by atoms with Gasteiger partial charge in [-0.15, -0.1) is 0 Å². The number of rotatable bonds is 8. The largest absolute Gasteiger partial charge is 0.507 e. The topological polar surface area (TPSA) is 115 Å². The van der Waals surface area contributed by atoms with E-state index in [1.165, 1.54) is 18.2 Å². The minimum atomic E-state index is -4.40. The SMILES string of the molecule is O=C1[C@H](CC[C@H](O)c2ccccc2Cl)[C@@H](c2ccc(-c3cccc(S(=O)(=O)O)c3)c(O)c2)N1c1ccccc1. The fourth-order valence-corrected chi connectivity index (χ4v) is 5.91. The Hall–Kier alpha value is -3.69. The van der Waals surface area contributed by atoms with Gasteiger partial charge in [0.2, 0.25) is 5.91 Å². The van der Waals surface area contributed by atoms with E-state index in [0.29, 0.717) is 40.1 Å². The maximum Gasteiger partial charge on any atom is 0.294 e. The van der Waals surface area contributed by atoms with Gasteiger partial charge in [0.25, 0.3) is 10.1 Å². The molecule has 9 heteroatoms. The summed E-state index contributed by atoms with van der Waals surface area (Å²) in [6.45, 7) is 0. The highest BCUT2D eigenvalue weighted by molar-refractivity contribution is 7.85. The number of aromatic hydroxyl groups is 1. The van der Waals surface area contributed by atoms with Crippen molar-refractivity contribution in [1.29, 1.82) is 0 Å². The van der Waals surface area contributed by atoms with E-state index in [4.69, 9.17) is 11.6 Å². The van der Waals surface area contributed by atoms with Crippen molar-refractivity contribution in [2.45, 2.75) is 29.9 Å². The van der Waals surface area contributed by atoms with Gasteiger partial charge in [-0.05, 0) is 65.9 Å². The van der Waals surface area contributed by atoms with Crippen LogP contribution in [0, 0.1) is 5.92 Å². The fraction of sp³-hybridized carbons (Fsp3) is 0.167. The molecule has 1 saturated heterocycles. The Balaban J connectivity index is 1.45. The number of phenols is 1. The number of hydrogen-bond donors (Lipinski definition) is 3. The van der Waals surface area contributed by atoms with Crippen LogP contribution in [0.15, 0.2) is 102 Å². The first kappa shape index (κ1) is 26.9. The predicted octanol–water partition coefficient (Wildman–Crippen LogP) is 6.18. The summed E-state index contributed by atoms with van der Waals surface area (Å²) in [5, 5.41) is 22.2. The third-order valence-electron chi connectivity index (χ3n) is 7.07. The Morgan fingerprint density at radius 3 is 2.31 bits per heavy atom. The van der Waals surface area contributed by atoms with Crippen LogP contribution in [-0.4, -0.2) is 29.1 Å². The summed E-state index contributed by atoms with van der Waals surface area (Å²) in [5.74, 6) is -0.611. The van der Waals surface area contributed by atoms with Gasteiger partial charge in [-0.1, -0.05) is 72.3 Å². The van der Waals surface area contributed by atoms with E-state index >= 15 is 0 Å². The van der Waals surface area contributed by atoms with E-state index in [9.17, 15) is 28.0 Å². The van der Waals surface area contributed by atoms with Gasteiger partial charge in [-0.2, -0.15) is 8.42 Å². The number of β-lactam (4-membered cyclic amide) rings is 1. The molecule has 0 unspecified atom stereocenters. The zero-order chi connectivity index (χ0) is 27.7. The highest BCUT2D eigenvalue weighted by atomic mass is 35.5. The maximum atomic E-state index is 13.3. The maximum absolute atomic E-state index is 13.3. The van der Waals surface area contributed by atoms with Crippen molar-refractivity contribution in [3.8, 4) is 16.9 Å². The molecule has 3 atom stereocenters. The molecule has 0 saturated carbocycles. The van der Waals surface area contributed by atoms with Crippen LogP contribution in [0.5, 0.6) is 5.75 Å². The number of hydrogen-bond acceptors (Lipinski definition) is 5. The van der Waals surface area contributed by atoms with Gasteiger partial charge >= 0.3 is 0 Å². The quantitative estimate of drug-likeness (QED) is 0.174. The van der Waals surface area contributed by atoms with Gasteiger partial charge in [0.05, 0.1) is 23.0 Å². The van der Waals surface area contributed by atoms with E-state index in [0.717, 1.165) is 5.69 Å². The summed E-state index contributed by atoms with van der Waals surface area (Å²) < 4.78 is 32.6. The third-order valence-corrected chi connectivity index (χ3v) is 8.26. The molecule has 0 radical (unpaired) electrons. The van der Waals surface area contributed by atoms with E-state index < -0.39 is 22.1 Å². The molecule has 0 aromatic heterocycles. The minimum Gasteiger partial charge on any atom is -0.507 e. The number of aliphatic hydroxyl groups is 1. The number of benzene rings is 4. The average Bonchev–Trinajstić information content (AvgIpc) is 2.92. The lowest BCUT2D eigenvalue weighted by molar-refractivity contribution is -0.131. The van der Waals surface area contributed by atoms with E-state index in [2.05, 4.69) is 0 Å². The summed E-state index contributed by atoms with van der Waals surface area (Å²) in [4.78, 5) is 14.7. The van der Waals surface area contributed by atoms with Crippen LogP contribution in [0.4, 0.5) is 5.69 Å². The number of halogens is 1. The molecule has 7 nitrogen and oxygen atoms in total. The summed E-state index contributed by atoms with van der Waals surface area (Å²) in [6, 6.07) is 26.6. The molecule has 4 aromatic rings. The van der Waals surface area contributed by atoms with Gasteiger partial charge in [0.1, 0.15) is 5.75 Å². The Labute approximate surface area is 231 Å². The lowest BCUT2D eigenvalue weighted by Crippen LogP contribution is -2.55. The highest BCUT2D eigenvalue weighted by Gasteiger charge is 2.48. The molecule has 200 valence electrons. The molecule has 1 aliphatic heterocycles. The van der Waals surface area contributed by atoms with Crippen LogP contribution in [-0.2, 0) is 14.9 Å². The second kappa shape index (κ2) is 10.8. The molecule has 0 aliphatic carbocycles. The number of phenolic OH excluding ortho intramolecular Hbond substituents is 1. The summed E-state index contributed by atoms with van der Waals surface area (Å²) >= 11 is 6.25. The van der Waals surface area contributed by atoms with Crippen LogP contribution in [0.25, 0.3) is 11.1 Å². The number of para-hydroxylation sites is 1. The first-order valence-corrected chi connectivity index (χ1v) is 14.2. The first-order valence-electron chi connectivity index (χ1n) is 12.4. The first-order chi connectivity index (χ1) is 18.6. The fourth-order valence-electron chi connectivity index (χ4n) is 5.13. The highest BCUT2D eigenvalue weighted by Crippen LogP contribution is 2.47. The molecule has 1 aliphatic rings. The Kier molecular flexibility index (Phi) is 7.46. The molecule has 5 rings (SSSR count). The molecule has 1 heterocycles. The zero-order valence-corrected chi connectivity index (χ0v) is 22.3. The lowest BCUT2D eigenvalue weighted by atomic mass is 9.78. The van der Waals surface area contributed by atoms with Crippen molar-refractivity contribution in [3.05, 3.63) is 113 Å². The molecule has 3 N–H and O–H groups in total. The second-order valence-corrected chi connectivity index (χ2v) is 11.3. The summed E-state index contributed by atoms with van der Waals surface area (Å²) in [7, 11) is -4.40. The summed E-state index contributed by atoms with van der Waals surface area (Å²) in [6.07, 6.45) is -0.104. The number of anilines is 1. The molecule has 0 spiro atoms. The Morgan fingerprint density at radius 1 is 0.897 bits per heavy atom. The van der Waals surface area contributed by atoms with Crippen molar-refractivity contribution in [2.75, 3.05) is 4.90 Å². The van der Waals surface area contributed by atoms with Crippen molar-refractivity contribution in [2.24, 2.45) is 5.92 Å². The standard InChI is InChI=1S/C30H26ClNO6S/c31-26-12-5-4-11-24(26)27(33)16-15-25-29(32(30(25)35)21-8-2-1-3-9-21)20-13-14-23(28(34)18-20)19-7-6-10-22(17-19)39(36,37)38/h1-14,17-18,25,27,29,33-34H,15-16H2,(H,36,37,38)/t25-,27+,29-/m1/s1. The molecule has 1 amide bonds. The van der Waals surface area contributed by atoms with E-state index in [-0.39, 0.29) is 22.6 Å². The summed E-state index contributed by atoms with van der Waals surface area (Å²) in [5.41, 5.74) is 2.82. The van der Waals surface area contributed by atoms with Gasteiger partial charge in [-0.25, -0.2) is 0 Å². The van der Waals surface area contributed by atoms with E-state index in [1.807, 2.05) is 30.3 Å². The molecular formula is C30H26ClNO6S. The number of amides is 1. The van der Waals surface area contributed by atoms with Crippen molar-refractivity contribution in [1.82, 2.24) is 0 Å². The molecule has 39 heavy (non-hydrogen) atoms. The predicted molar refractivity (Wildman–Crippen MR) is 149 cm³/mol. The lowest BCUT2D eigenvalue weighted by Gasteiger charge is -2.48. The van der Waals surface area contributed by atoms with Crippen LogP contribution in [0.3, 0.4) is 0 Å². The Bertz CT molecular complexity index is 1630. The normalized spacial score (nSPS) is 18.0. The van der Waals surface area contributed by atoms with Gasteiger partial charge < -0.3 is 15.1 Å². The number of aliphatic hydroxyl groups excluding tert-OH is 1. The third kappa shape index (κ3) is 5.42. The average molecular weight is 564 g/mol. The number of nitrogens with zero attached hydrogens (tertiary/aromatic N) is 1. The van der Waals surface area contributed by atoms with Crippen molar-refractivity contribution in [3.63, 3.8) is 0 Å². The molecule has 0 bridgehead atoms. The smallest absolute Gasteiger partial charge is 0.294 e. The van der Waals surface area contributed by atoms with Gasteiger partial charge in [0, 0.05) is 16.3 Å². The van der Waals surface area contributed by atoms with E-state index in [1.54, 1.807) is 53.4 Å². The second-order valence-electron chi connectivity index (χ2n) is 9.49. The molecule has 4 aromatic carbocycles. The minimum absolute atomic E-state index is 0.0815. The van der Waals surface area contributed by atoms with Crippen LogP contribution in [0.2, 0.25) is 5.02 Å². The van der Waals surface area contributed by atoms with Crippen LogP contribution < -0.4 is 4.90 Å². The Morgan fingerprint density at radius 2 is 1.62 bits per heavy atom. The van der Waals surface area contributed by atoms with Crippen molar-refractivity contribution >= 4 is 33.3 Å². The number of carbonyl (C=O) groups is 1. The van der Waals surface area contributed by atoms with Crippen molar-refractivity contribution < 1.29 is 28.0 Å². The van der Waals surface area contributed by atoms with Gasteiger partial charge in [0.15, 0.2) is 0 Å². The van der Waals surface area contributed by atoms with Crippen LogP contribution >= 0.6 is 11.6 Å².